The molecule has 1 saturated heterocycles. The molecule has 2 aliphatic heterocycles. The molecule has 4 heterocycles. The maximum atomic E-state index is 13.2. The highest BCUT2D eigenvalue weighted by molar-refractivity contribution is 6.05. The van der Waals surface area contributed by atoms with Crippen molar-refractivity contribution in [1.29, 1.82) is 0 Å². The molecule has 4 N–H and O–H groups in total. The molecule has 2 aromatic heterocycles. The zero-order valence-electron chi connectivity index (χ0n) is 24.5. The molecular weight excluding hydrogens is 526 g/mol. The van der Waals surface area contributed by atoms with Crippen LogP contribution in [0.2, 0.25) is 0 Å². The predicted octanol–water partition coefficient (Wildman–Crippen LogP) is 4.96. The van der Waals surface area contributed by atoms with Gasteiger partial charge in [-0.25, -0.2) is 9.97 Å². The molecule has 0 saturated carbocycles. The van der Waals surface area contributed by atoms with Gasteiger partial charge in [0.15, 0.2) is 5.82 Å². The van der Waals surface area contributed by atoms with E-state index in [0.717, 1.165) is 48.0 Å². The van der Waals surface area contributed by atoms with Crippen LogP contribution in [-0.4, -0.2) is 44.6 Å². The Morgan fingerprint density at radius 3 is 2.60 bits per heavy atom. The largest absolute Gasteiger partial charge is 0.339 e. The fourth-order valence-corrected chi connectivity index (χ4v) is 5.38. The molecule has 1 fully saturated rings. The second-order valence-corrected chi connectivity index (χ2v) is 12.0. The topological polar surface area (TPSA) is 117 Å². The number of anilines is 4. The summed E-state index contributed by atoms with van der Waals surface area (Å²) in [7, 11) is 0. The molecule has 0 spiro atoms. The quantitative estimate of drug-likeness (QED) is 0.302. The van der Waals surface area contributed by atoms with Gasteiger partial charge in [0.2, 0.25) is 5.95 Å². The van der Waals surface area contributed by atoms with Gasteiger partial charge < -0.3 is 30.7 Å². The Morgan fingerprint density at radius 1 is 1.05 bits per heavy atom. The average Bonchev–Trinajstić information content (AvgIpc) is 3.63. The smallest absolute Gasteiger partial charge is 0.255 e. The van der Waals surface area contributed by atoms with Crippen LogP contribution in [0.3, 0.4) is 0 Å². The molecule has 4 aromatic rings. The van der Waals surface area contributed by atoms with Crippen molar-refractivity contribution in [2.75, 3.05) is 33.5 Å². The van der Waals surface area contributed by atoms with E-state index in [1.807, 2.05) is 61.8 Å². The normalized spacial score (nSPS) is 16.7. The van der Waals surface area contributed by atoms with Crippen LogP contribution in [0.15, 0.2) is 73.3 Å². The number of hydrogen-bond acceptors (Lipinski definition) is 8. The van der Waals surface area contributed by atoms with Crippen LogP contribution in [-0.2, 0) is 12.1 Å². The average molecular weight is 564 g/mol. The maximum absolute atomic E-state index is 13.2. The summed E-state index contributed by atoms with van der Waals surface area (Å²) in [6.07, 6.45) is 8.47. The molecule has 6 rings (SSSR count). The lowest BCUT2D eigenvalue weighted by Crippen LogP contribution is -2.29. The Hall–Kier alpha value is -4.70. The Labute approximate surface area is 246 Å². The van der Waals surface area contributed by atoms with E-state index < -0.39 is 0 Å². The van der Waals surface area contributed by atoms with Crippen molar-refractivity contribution in [3.63, 3.8) is 0 Å². The Bertz CT molecular complexity index is 1630. The summed E-state index contributed by atoms with van der Waals surface area (Å²) >= 11 is 0. The monoisotopic (exact) mass is 563 g/mol. The first-order chi connectivity index (χ1) is 20.2. The molecule has 216 valence electrons. The standard InChI is InChI=1S/C32H37N9O/c1-21-25(37-30(42)22-8-10-23(11-9-22)32(2,3)4)6-5-7-27(21)41-19-26(29-34-15-17-40(29)20-41)36-28-12-14-35-31(38-28)39-16-13-24(33)18-39/h5-12,14-15,17,19,24H,13,16,18,20,33H2,1-4H3,(H,37,42)(H,35,36,38)/t24-/m1/s1. The summed E-state index contributed by atoms with van der Waals surface area (Å²) in [5.74, 6) is 2.02. The van der Waals surface area contributed by atoms with Crippen molar-refractivity contribution in [3.05, 3.63) is 95.8 Å². The lowest BCUT2D eigenvalue weighted by atomic mass is 9.86. The minimum absolute atomic E-state index is 0.0302. The summed E-state index contributed by atoms with van der Waals surface area (Å²) in [6.45, 7) is 10.7. The maximum Gasteiger partial charge on any atom is 0.255 e. The molecule has 1 atom stereocenters. The first-order valence-corrected chi connectivity index (χ1v) is 14.3. The molecule has 1 amide bonds. The van der Waals surface area contributed by atoms with Crippen molar-refractivity contribution in [2.45, 2.75) is 52.2 Å². The van der Waals surface area contributed by atoms with E-state index in [2.05, 4.69) is 61.8 Å². The number of hydrogen-bond donors (Lipinski definition) is 3. The molecule has 0 aliphatic carbocycles. The molecule has 2 aliphatic rings. The minimum atomic E-state index is -0.136. The number of carbonyl (C=O) groups is 1. The fourth-order valence-electron chi connectivity index (χ4n) is 5.38. The predicted molar refractivity (Wildman–Crippen MR) is 167 cm³/mol. The SMILES string of the molecule is Cc1c(NC(=O)c2ccc(C(C)(C)C)cc2)cccc1N1C=C(Nc2ccnc(N3CC[C@@H](N)C3)n2)c2nccn2C1. The van der Waals surface area contributed by atoms with Gasteiger partial charge in [0.05, 0.1) is 5.70 Å². The van der Waals surface area contributed by atoms with Gasteiger partial charge in [-0.1, -0.05) is 39.0 Å². The van der Waals surface area contributed by atoms with Crippen LogP contribution < -0.4 is 26.2 Å². The Balaban J connectivity index is 1.24. The first-order valence-electron chi connectivity index (χ1n) is 14.3. The molecule has 0 bridgehead atoms. The highest BCUT2D eigenvalue weighted by Gasteiger charge is 2.24. The highest BCUT2D eigenvalue weighted by atomic mass is 16.1. The molecule has 42 heavy (non-hydrogen) atoms. The number of benzene rings is 2. The van der Waals surface area contributed by atoms with Crippen LogP contribution in [0, 0.1) is 6.92 Å². The second kappa shape index (κ2) is 10.9. The van der Waals surface area contributed by atoms with Gasteiger partial charge in [-0.3, -0.25) is 4.79 Å². The van der Waals surface area contributed by atoms with Crippen molar-refractivity contribution >= 4 is 34.7 Å². The second-order valence-electron chi connectivity index (χ2n) is 12.0. The van der Waals surface area contributed by atoms with E-state index in [1.165, 1.54) is 5.56 Å². The van der Waals surface area contributed by atoms with Gasteiger partial charge in [-0.15, -0.1) is 0 Å². The number of nitrogens with one attached hydrogen (secondary N) is 2. The summed E-state index contributed by atoms with van der Waals surface area (Å²) in [6, 6.07) is 15.8. The van der Waals surface area contributed by atoms with Crippen molar-refractivity contribution in [2.24, 2.45) is 5.73 Å². The highest BCUT2D eigenvalue weighted by Crippen LogP contribution is 2.32. The summed E-state index contributed by atoms with van der Waals surface area (Å²) < 4.78 is 2.07. The summed E-state index contributed by atoms with van der Waals surface area (Å²) in [4.78, 5) is 31.2. The van der Waals surface area contributed by atoms with E-state index >= 15 is 0 Å². The third-order valence-corrected chi connectivity index (χ3v) is 7.84. The Morgan fingerprint density at radius 2 is 1.86 bits per heavy atom. The van der Waals surface area contributed by atoms with Crippen molar-refractivity contribution in [3.8, 4) is 0 Å². The molecule has 2 aromatic carbocycles. The number of nitrogens with zero attached hydrogens (tertiary/aromatic N) is 6. The number of amides is 1. The van der Waals surface area contributed by atoms with Crippen LogP contribution in [0.1, 0.15) is 54.5 Å². The van der Waals surface area contributed by atoms with Crippen LogP contribution in [0.4, 0.5) is 23.1 Å². The molecule has 0 unspecified atom stereocenters. The van der Waals surface area contributed by atoms with Crippen molar-refractivity contribution in [1.82, 2.24) is 19.5 Å². The van der Waals surface area contributed by atoms with E-state index in [-0.39, 0.29) is 17.4 Å². The van der Waals surface area contributed by atoms with Crippen LogP contribution in [0.25, 0.3) is 5.70 Å². The van der Waals surface area contributed by atoms with Gasteiger partial charge in [0.25, 0.3) is 5.91 Å². The van der Waals surface area contributed by atoms with Gasteiger partial charge >= 0.3 is 0 Å². The molecule has 10 heteroatoms. The van der Waals surface area contributed by atoms with Gasteiger partial charge in [0.1, 0.15) is 12.5 Å². The molecule has 10 nitrogen and oxygen atoms in total. The number of aromatic nitrogens is 4. The van der Waals surface area contributed by atoms with E-state index in [9.17, 15) is 4.79 Å². The van der Waals surface area contributed by atoms with Gasteiger partial charge in [0, 0.05) is 60.9 Å². The molecular formula is C32H37N9O. The lowest BCUT2D eigenvalue weighted by molar-refractivity contribution is 0.102. The lowest BCUT2D eigenvalue weighted by Gasteiger charge is -2.30. The zero-order valence-corrected chi connectivity index (χ0v) is 24.5. The molecule has 0 radical (unpaired) electrons. The van der Waals surface area contributed by atoms with Gasteiger partial charge in [-0.2, -0.15) is 4.98 Å². The third kappa shape index (κ3) is 5.58. The van der Waals surface area contributed by atoms with Crippen LogP contribution in [0.5, 0.6) is 0 Å². The zero-order chi connectivity index (χ0) is 29.4. The third-order valence-electron chi connectivity index (χ3n) is 7.84. The van der Waals surface area contributed by atoms with E-state index in [0.29, 0.717) is 24.0 Å². The van der Waals surface area contributed by atoms with E-state index in [4.69, 9.17) is 10.7 Å². The fraction of sp³-hybridized carbons (Fsp3) is 0.312. The number of rotatable bonds is 6. The minimum Gasteiger partial charge on any atom is -0.339 e. The number of carbonyl (C=O) groups excluding carboxylic acids is 1. The first kappa shape index (κ1) is 27.5. The summed E-state index contributed by atoms with van der Waals surface area (Å²) in [5.41, 5.74) is 11.5. The van der Waals surface area contributed by atoms with Gasteiger partial charge in [-0.05, 0) is 60.2 Å². The van der Waals surface area contributed by atoms with Crippen LogP contribution >= 0.6 is 0 Å². The van der Waals surface area contributed by atoms with Crippen molar-refractivity contribution < 1.29 is 4.79 Å². The number of fused-ring (bicyclic) bond motifs is 1. The van der Waals surface area contributed by atoms with E-state index in [1.54, 1.807) is 12.4 Å². The number of imidazole rings is 1. The Kier molecular flexibility index (Phi) is 7.16. The number of nitrogens with two attached hydrogens (primary N) is 1. The summed E-state index contributed by atoms with van der Waals surface area (Å²) in [5, 5.41) is 6.57.